The van der Waals surface area contributed by atoms with Crippen molar-refractivity contribution in [1.82, 2.24) is 0 Å². The Labute approximate surface area is 121 Å². The third kappa shape index (κ3) is 3.13. The van der Waals surface area contributed by atoms with E-state index in [1.165, 1.54) is 6.07 Å². The molecule has 0 amide bonds. The zero-order valence-electron chi connectivity index (χ0n) is 10.8. The summed E-state index contributed by atoms with van der Waals surface area (Å²) in [5.41, 5.74) is -3.57. The number of halogens is 6. The SMILES string of the molecule is O=Cc1ccc(-c2ccccc2C(F)(F)F)cc1C(F)(F)F. The molecule has 22 heavy (non-hydrogen) atoms. The van der Waals surface area contributed by atoms with E-state index in [0.717, 1.165) is 30.3 Å². The lowest BCUT2D eigenvalue weighted by Gasteiger charge is -2.15. The van der Waals surface area contributed by atoms with Crippen molar-refractivity contribution >= 4 is 6.29 Å². The first kappa shape index (κ1) is 16.1. The van der Waals surface area contributed by atoms with E-state index in [-0.39, 0.29) is 17.4 Å². The Morgan fingerprint density at radius 1 is 0.773 bits per heavy atom. The van der Waals surface area contributed by atoms with Gasteiger partial charge in [-0.25, -0.2) is 0 Å². The van der Waals surface area contributed by atoms with Gasteiger partial charge in [-0.15, -0.1) is 0 Å². The van der Waals surface area contributed by atoms with Crippen molar-refractivity contribution in [2.24, 2.45) is 0 Å². The molecule has 0 unspecified atom stereocenters. The molecule has 0 bridgehead atoms. The number of benzene rings is 2. The molecule has 2 rings (SSSR count). The quantitative estimate of drug-likeness (QED) is 0.549. The van der Waals surface area contributed by atoms with Crippen LogP contribution in [0.3, 0.4) is 0 Å². The van der Waals surface area contributed by atoms with Crippen LogP contribution in [0.15, 0.2) is 42.5 Å². The number of hydrogen-bond donors (Lipinski definition) is 0. The van der Waals surface area contributed by atoms with Crippen molar-refractivity contribution < 1.29 is 31.1 Å². The van der Waals surface area contributed by atoms with E-state index in [4.69, 9.17) is 0 Å². The van der Waals surface area contributed by atoms with Crippen LogP contribution in [0.1, 0.15) is 21.5 Å². The van der Waals surface area contributed by atoms with Gasteiger partial charge < -0.3 is 0 Å². The first-order chi connectivity index (χ1) is 10.1. The smallest absolute Gasteiger partial charge is 0.298 e. The van der Waals surface area contributed by atoms with Crippen LogP contribution in [0, 0.1) is 0 Å². The lowest BCUT2D eigenvalue weighted by molar-refractivity contribution is -0.138. The maximum Gasteiger partial charge on any atom is 0.417 e. The van der Waals surface area contributed by atoms with Crippen LogP contribution in [0.25, 0.3) is 11.1 Å². The number of hydrogen-bond acceptors (Lipinski definition) is 1. The van der Waals surface area contributed by atoms with Gasteiger partial charge in [0.25, 0.3) is 0 Å². The van der Waals surface area contributed by atoms with Crippen LogP contribution in [0.4, 0.5) is 26.3 Å². The second-order valence-electron chi connectivity index (χ2n) is 4.46. The molecule has 0 atom stereocenters. The highest BCUT2D eigenvalue weighted by molar-refractivity contribution is 5.80. The van der Waals surface area contributed by atoms with Crippen molar-refractivity contribution in [2.45, 2.75) is 12.4 Å². The average molecular weight is 318 g/mol. The number of carbonyl (C=O) groups is 1. The molecule has 0 aromatic heterocycles. The lowest BCUT2D eigenvalue weighted by Crippen LogP contribution is -2.10. The number of carbonyl (C=O) groups excluding carboxylic acids is 1. The van der Waals surface area contributed by atoms with E-state index >= 15 is 0 Å². The van der Waals surface area contributed by atoms with Gasteiger partial charge in [-0.05, 0) is 23.3 Å². The van der Waals surface area contributed by atoms with Crippen molar-refractivity contribution in [3.63, 3.8) is 0 Å². The van der Waals surface area contributed by atoms with E-state index in [1.807, 2.05) is 0 Å². The molecule has 0 aliphatic carbocycles. The predicted octanol–water partition coefficient (Wildman–Crippen LogP) is 5.20. The van der Waals surface area contributed by atoms with Crippen LogP contribution >= 0.6 is 0 Å². The largest absolute Gasteiger partial charge is 0.417 e. The monoisotopic (exact) mass is 318 g/mol. The second kappa shape index (κ2) is 5.47. The predicted molar refractivity (Wildman–Crippen MR) is 67.3 cm³/mol. The minimum absolute atomic E-state index is 0.0161. The van der Waals surface area contributed by atoms with Gasteiger partial charge in [0.15, 0.2) is 6.29 Å². The van der Waals surface area contributed by atoms with Gasteiger partial charge >= 0.3 is 12.4 Å². The normalized spacial score (nSPS) is 12.3. The first-order valence-electron chi connectivity index (χ1n) is 5.97. The van der Waals surface area contributed by atoms with Gasteiger partial charge in [0.1, 0.15) is 0 Å². The second-order valence-corrected chi connectivity index (χ2v) is 4.46. The van der Waals surface area contributed by atoms with Crippen LogP contribution in [-0.2, 0) is 12.4 Å². The van der Waals surface area contributed by atoms with Gasteiger partial charge in [-0.1, -0.05) is 30.3 Å². The molecule has 7 heteroatoms. The minimum atomic E-state index is -4.83. The van der Waals surface area contributed by atoms with E-state index in [0.29, 0.717) is 6.07 Å². The summed E-state index contributed by atoms with van der Waals surface area (Å²) in [5.74, 6) is 0. The van der Waals surface area contributed by atoms with E-state index < -0.39 is 29.0 Å². The van der Waals surface area contributed by atoms with Crippen LogP contribution in [-0.4, -0.2) is 6.29 Å². The molecule has 0 aliphatic rings. The lowest BCUT2D eigenvalue weighted by atomic mass is 9.95. The molecule has 2 aromatic rings. The molecule has 0 aliphatic heterocycles. The Morgan fingerprint density at radius 2 is 1.36 bits per heavy atom. The number of alkyl halides is 6. The average Bonchev–Trinajstić information content (AvgIpc) is 2.45. The molecule has 2 aromatic carbocycles. The Kier molecular flexibility index (Phi) is 4.00. The van der Waals surface area contributed by atoms with Gasteiger partial charge in [0.2, 0.25) is 0 Å². The topological polar surface area (TPSA) is 17.1 Å². The first-order valence-corrected chi connectivity index (χ1v) is 5.97. The summed E-state index contributed by atoms with van der Waals surface area (Å²) in [5, 5.41) is 0. The molecule has 0 radical (unpaired) electrons. The fourth-order valence-electron chi connectivity index (χ4n) is 2.05. The molecule has 0 fully saturated rings. The van der Waals surface area contributed by atoms with Crippen molar-refractivity contribution in [2.75, 3.05) is 0 Å². The number of aldehydes is 1. The highest BCUT2D eigenvalue weighted by atomic mass is 19.4. The highest BCUT2D eigenvalue weighted by Gasteiger charge is 2.36. The fraction of sp³-hybridized carbons (Fsp3) is 0.133. The van der Waals surface area contributed by atoms with E-state index in [1.54, 1.807) is 0 Å². The molecular weight excluding hydrogens is 310 g/mol. The summed E-state index contributed by atoms with van der Waals surface area (Å²) in [7, 11) is 0. The standard InChI is InChI=1S/C15H8F6O/c16-14(17,18)12-4-2-1-3-11(12)9-5-6-10(8-22)13(7-9)15(19,20)21/h1-8H. The van der Waals surface area contributed by atoms with E-state index in [2.05, 4.69) is 0 Å². The zero-order chi connectivity index (χ0) is 16.5. The van der Waals surface area contributed by atoms with Crippen molar-refractivity contribution in [3.8, 4) is 11.1 Å². The van der Waals surface area contributed by atoms with Crippen molar-refractivity contribution in [3.05, 3.63) is 59.2 Å². The molecule has 1 nitrogen and oxygen atoms in total. The zero-order valence-corrected chi connectivity index (χ0v) is 10.8. The molecule has 0 heterocycles. The van der Waals surface area contributed by atoms with Gasteiger partial charge in [-0.3, -0.25) is 4.79 Å². The van der Waals surface area contributed by atoms with Gasteiger partial charge in [-0.2, -0.15) is 26.3 Å². The highest BCUT2D eigenvalue weighted by Crippen LogP contribution is 2.39. The van der Waals surface area contributed by atoms with Gasteiger partial charge in [0, 0.05) is 5.56 Å². The van der Waals surface area contributed by atoms with E-state index in [9.17, 15) is 31.1 Å². The summed E-state index contributed by atoms with van der Waals surface area (Å²) in [4.78, 5) is 10.7. The Morgan fingerprint density at radius 3 is 1.91 bits per heavy atom. The van der Waals surface area contributed by atoms with Crippen LogP contribution < -0.4 is 0 Å². The van der Waals surface area contributed by atoms with Crippen molar-refractivity contribution in [1.29, 1.82) is 0 Å². The fourth-order valence-corrected chi connectivity index (χ4v) is 2.05. The molecule has 0 N–H and O–H groups in total. The molecule has 0 spiro atoms. The van der Waals surface area contributed by atoms with Gasteiger partial charge in [0.05, 0.1) is 11.1 Å². The summed E-state index contributed by atoms with van der Waals surface area (Å²) in [6.45, 7) is 0. The number of rotatable bonds is 2. The van der Waals surface area contributed by atoms with Crippen LogP contribution in [0.2, 0.25) is 0 Å². The maximum absolute atomic E-state index is 12.9. The maximum atomic E-state index is 12.9. The minimum Gasteiger partial charge on any atom is -0.298 e. The van der Waals surface area contributed by atoms with Crippen LogP contribution in [0.5, 0.6) is 0 Å². The molecule has 0 saturated carbocycles. The summed E-state index contributed by atoms with van der Waals surface area (Å²) in [6.07, 6.45) is -9.51. The summed E-state index contributed by atoms with van der Waals surface area (Å²) >= 11 is 0. The molecule has 116 valence electrons. The Hall–Kier alpha value is -2.31. The Balaban J connectivity index is 2.68. The summed E-state index contributed by atoms with van der Waals surface area (Å²) < 4.78 is 77.5. The third-order valence-electron chi connectivity index (χ3n) is 3.03. The summed E-state index contributed by atoms with van der Waals surface area (Å²) in [6, 6.07) is 6.79. The molecule has 0 saturated heterocycles. The third-order valence-corrected chi connectivity index (χ3v) is 3.03. The Bertz CT molecular complexity index is 700. The molecular formula is C15H8F6O.